The number of halogens is 1. The molecule has 2 aromatic rings. The molecule has 104 valence electrons. The van der Waals surface area contributed by atoms with Gasteiger partial charge in [-0.15, -0.1) is 0 Å². The topological polar surface area (TPSA) is 90.1 Å². The standard InChI is InChI=1S/C12H11ClN4O3/c1-8-14-11(17(19)20)6-16(8)7-12(18)15-10-5-3-2-4-9(10)13/h2-6H,7H2,1H3,(H,15,18). The Kier molecular flexibility index (Phi) is 3.99. The first kappa shape index (κ1) is 14.0. The molecular weight excluding hydrogens is 284 g/mol. The van der Waals surface area contributed by atoms with E-state index in [0.717, 1.165) is 0 Å². The fourth-order valence-corrected chi connectivity index (χ4v) is 1.83. The lowest BCUT2D eigenvalue weighted by atomic mass is 10.3. The fourth-order valence-electron chi connectivity index (χ4n) is 1.65. The predicted octanol–water partition coefficient (Wildman–Crippen LogP) is 2.39. The first-order valence-corrected chi connectivity index (χ1v) is 6.07. The van der Waals surface area contributed by atoms with E-state index in [1.165, 1.54) is 10.8 Å². The van der Waals surface area contributed by atoms with Gasteiger partial charge in [-0.05, 0) is 22.0 Å². The minimum absolute atomic E-state index is 0.0715. The van der Waals surface area contributed by atoms with E-state index in [-0.39, 0.29) is 18.3 Å². The average Bonchev–Trinajstić information content (AvgIpc) is 2.74. The molecule has 8 heteroatoms. The number of aromatic nitrogens is 2. The van der Waals surface area contributed by atoms with Crippen molar-refractivity contribution in [2.45, 2.75) is 13.5 Å². The zero-order valence-electron chi connectivity index (χ0n) is 10.5. The van der Waals surface area contributed by atoms with Crippen LogP contribution in [0.1, 0.15) is 5.82 Å². The number of benzene rings is 1. The van der Waals surface area contributed by atoms with Gasteiger partial charge in [-0.25, -0.2) is 0 Å². The number of carbonyl (C=O) groups excluding carboxylic acids is 1. The van der Waals surface area contributed by atoms with Crippen LogP contribution >= 0.6 is 11.6 Å². The van der Waals surface area contributed by atoms with Crippen molar-refractivity contribution in [2.24, 2.45) is 0 Å². The van der Waals surface area contributed by atoms with Gasteiger partial charge >= 0.3 is 5.82 Å². The molecule has 1 N–H and O–H groups in total. The maximum atomic E-state index is 11.9. The molecule has 0 radical (unpaired) electrons. The van der Waals surface area contributed by atoms with Gasteiger partial charge in [0.15, 0.2) is 0 Å². The molecule has 1 aromatic heterocycles. The van der Waals surface area contributed by atoms with Crippen LogP contribution in [-0.2, 0) is 11.3 Å². The maximum Gasteiger partial charge on any atom is 0.381 e. The number of hydrogen-bond donors (Lipinski definition) is 1. The van der Waals surface area contributed by atoms with Crippen molar-refractivity contribution in [3.8, 4) is 0 Å². The Morgan fingerprint density at radius 2 is 2.20 bits per heavy atom. The highest BCUT2D eigenvalue weighted by molar-refractivity contribution is 6.33. The van der Waals surface area contributed by atoms with Gasteiger partial charge < -0.3 is 15.4 Å². The first-order valence-electron chi connectivity index (χ1n) is 5.70. The molecule has 0 spiro atoms. The van der Waals surface area contributed by atoms with Crippen molar-refractivity contribution >= 4 is 29.0 Å². The summed E-state index contributed by atoms with van der Waals surface area (Å²) in [5.41, 5.74) is 0.492. The molecule has 0 saturated carbocycles. The van der Waals surface area contributed by atoms with Gasteiger partial charge in [-0.1, -0.05) is 23.7 Å². The number of para-hydroxylation sites is 1. The Labute approximate surface area is 119 Å². The Morgan fingerprint density at radius 1 is 1.50 bits per heavy atom. The Hall–Kier alpha value is -2.41. The van der Waals surface area contributed by atoms with Crippen LogP contribution in [0.2, 0.25) is 5.02 Å². The SMILES string of the molecule is Cc1nc([N+](=O)[O-])cn1CC(=O)Nc1ccccc1Cl. The Morgan fingerprint density at radius 3 is 2.80 bits per heavy atom. The maximum absolute atomic E-state index is 11.9. The van der Waals surface area contributed by atoms with Crippen LogP contribution in [0.3, 0.4) is 0 Å². The fraction of sp³-hybridized carbons (Fsp3) is 0.167. The smallest absolute Gasteiger partial charge is 0.358 e. The molecule has 7 nitrogen and oxygen atoms in total. The highest BCUT2D eigenvalue weighted by Crippen LogP contribution is 2.20. The van der Waals surface area contributed by atoms with E-state index in [1.807, 2.05) is 0 Å². The lowest BCUT2D eigenvalue weighted by molar-refractivity contribution is -0.389. The third kappa shape index (κ3) is 3.12. The quantitative estimate of drug-likeness (QED) is 0.692. The number of rotatable bonds is 4. The largest absolute Gasteiger partial charge is 0.381 e. The summed E-state index contributed by atoms with van der Waals surface area (Å²) in [5, 5.41) is 13.7. The third-order valence-electron chi connectivity index (χ3n) is 2.61. The van der Waals surface area contributed by atoms with E-state index in [0.29, 0.717) is 16.5 Å². The predicted molar refractivity (Wildman–Crippen MR) is 73.7 cm³/mol. The van der Waals surface area contributed by atoms with Crippen LogP contribution < -0.4 is 5.32 Å². The zero-order chi connectivity index (χ0) is 14.7. The van der Waals surface area contributed by atoms with Crippen molar-refractivity contribution in [3.05, 3.63) is 51.4 Å². The van der Waals surface area contributed by atoms with E-state index < -0.39 is 4.92 Å². The number of amides is 1. The van der Waals surface area contributed by atoms with Crippen molar-refractivity contribution in [1.29, 1.82) is 0 Å². The number of aryl methyl sites for hydroxylation is 1. The van der Waals surface area contributed by atoms with Gasteiger partial charge in [0.1, 0.15) is 12.7 Å². The van der Waals surface area contributed by atoms with E-state index in [2.05, 4.69) is 10.3 Å². The highest BCUT2D eigenvalue weighted by atomic mass is 35.5. The summed E-state index contributed by atoms with van der Waals surface area (Å²) >= 11 is 5.93. The van der Waals surface area contributed by atoms with Crippen LogP contribution in [-0.4, -0.2) is 20.4 Å². The molecule has 0 atom stereocenters. The van der Waals surface area contributed by atoms with Crippen LogP contribution in [0, 0.1) is 17.0 Å². The van der Waals surface area contributed by atoms with Crippen molar-refractivity contribution in [2.75, 3.05) is 5.32 Å². The molecular formula is C12H11ClN4O3. The molecule has 0 unspecified atom stereocenters. The van der Waals surface area contributed by atoms with Crippen LogP contribution in [0.4, 0.5) is 11.5 Å². The summed E-state index contributed by atoms with van der Waals surface area (Å²) in [4.78, 5) is 25.6. The molecule has 2 rings (SSSR count). The normalized spacial score (nSPS) is 10.3. The second-order valence-corrected chi connectivity index (χ2v) is 4.47. The molecule has 0 bridgehead atoms. The van der Waals surface area contributed by atoms with Crippen LogP contribution in [0.15, 0.2) is 30.5 Å². The molecule has 20 heavy (non-hydrogen) atoms. The minimum atomic E-state index is -0.602. The monoisotopic (exact) mass is 294 g/mol. The number of nitrogens with zero attached hydrogens (tertiary/aromatic N) is 3. The van der Waals surface area contributed by atoms with Crippen LogP contribution in [0.5, 0.6) is 0 Å². The Balaban J connectivity index is 2.09. The Bertz CT molecular complexity index is 668. The molecule has 0 aliphatic carbocycles. The molecule has 1 heterocycles. The van der Waals surface area contributed by atoms with E-state index in [9.17, 15) is 14.9 Å². The highest BCUT2D eigenvalue weighted by Gasteiger charge is 2.17. The van der Waals surface area contributed by atoms with Gasteiger partial charge in [0, 0.05) is 6.92 Å². The summed E-state index contributed by atoms with van der Waals surface area (Å²) in [6.45, 7) is 1.52. The number of imidazole rings is 1. The molecule has 1 aromatic carbocycles. The van der Waals surface area contributed by atoms with Gasteiger partial charge in [-0.3, -0.25) is 9.36 Å². The lowest BCUT2D eigenvalue weighted by Gasteiger charge is -2.07. The van der Waals surface area contributed by atoms with Crippen molar-refractivity contribution < 1.29 is 9.72 Å². The van der Waals surface area contributed by atoms with Gasteiger partial charge in [0.25, 0.3) is 0 Å². The number of carbonyl (C=O) groups is 1. The number of hydrogen-bond acceptors (Lipinski definition) is 4. The van der Waals surface area contributed by atoms with Crippen molar-refractivity contribution in [3.63, 3.8) is 0 Å². The zero-order valence-corrected chi connectivity index (χ0v) is 11.3. The summed E-state index contributed by atoms with van der Waals surface area (Å²) < 4.78 is 1.41. The second kappa shape index (κ2) is 5.70. The summed E-state index contributed by atoms with van der Waals surface area (Å²) in [6, 6.07) is 6.82. The van der Waals surface area contributed by atoms with Gasteiger partial charge in [-0.2, -0.15) is 0 Å². The number of anilines is 1. The summed E-state index contributed by atoms with van der Waals surface area (Å²) in [7, 11) is 0. The molecule has 0 aliphatic rings. The second-order valence-electron chi connectivity index (χ2n) is 4.06. The molecule has 0 fully saturated rings. The van der Waals surface area contributed by atoms with Crippen molar-refractivity contribution in [1.82, 2.24) is 9.55 Å². The summed E-state index contributed by atoms with van der Waals surface area (Å²) in [6.07, 6.45) is 1.22. The van der Waals surface area contributed by atoms with Gasteiger partial charge in [0.2, 0.25) is 11.7 Å². The molecule has 0 aliphatic heterocycles. The lowest BCUT2D eigenvalue weighted by Crippen LogP contribution is -2.19. The van der Waals surface area contributed by atoms with Crippen LogP contribution in [0.25, 0.3) is 0 Å². The van der Waals surface area contributed by atoms with E-state index in [1.54, 1.807) is 31.2 Å². The third-order valence-corrected chi connectivity index (χ3v) is 2.94. The van der Waals surface area contributed by atoms with Gasteiger partial charge in [0.05, 0.1) is 10.7 Å². The molecule has 1 amide bonds. The van der Waals surface area contributed by atoms with E-state index >= 15 is 0 Å². The first-order chi connectivity index (χ1) is 9.47. The number of nitro groups is 1. The van der Waals surface area contributed by atoms with E-state index in [4.69, 9.17) is 11.6 Å². The number of nitrogens with one attached hydrogen (secondary N) is 1. The minimum Gasteiger partial charge on any atom is -0.358 e. The summed E-state index contributed by atoms with van der Waals surface area (Å²) in [5.74, 6) is -0.229. The average molecular weight is 295 g/mol. The molecule has 0 saturated heterocycles.